The van der Waals surface area contributed by atoms with E-state index in [0.29, 0.717) is 35.4 Å². The fraction of sp³-hybridized carbons (Fsp3) is 0.409. The minimum atomic E-state index is -0.565. The third kappa shape index (κ3) is 5.25. The maximum atomic E-state index is 14.8. The average molecular weight is 415 g/mol. The molecular formula is C22H26FN3O4. The number of pyridine rings is 1. The van der Waals surface area contributed by atoms with Crippen molar-refractivity contribution in [2.45, 2.75) is 39.2 Å². The van der Waals surface area contributed by atoms with Crippen LogP contribution in [0.1, 0.15) is 32.8 Å². The Kier molecular flexibility index (Phi) is 6.24. The maximum Gasteiger partial charge on any atom is 0.407 e. The van der Waals surface area contributed by atoms with Crippen LogP contribution in [0.15, 0.2) is 30.6 Å². The largest absolute Gasteiger partial charge is 0.490 e. The number of benzene rings is 1. The Morgan fingerprint density at radius 1 is 1.23 bits per heavy atom. The lowest BCUT2D eigenvalue weighted by atomic mass is 9.96. The Balaban J connectivity index is 1.66. The van der Waals surface area contributed by atoms with Gasteiger partial charge in [-0.3, -0.25) is 9.78 Å². The highest BCUT2D eigenvalue weighted by molar-refractivity contribution is 5.96. The van der Waals surface area contributed by atoms with Crippen molar-refractivity contribution in [3.8, 4) is 16.9 Å². The zero-order chi connectivity index (χ0) is 21.9. The van der Waals surface area contributed by atoms with Gasteiger partial charge < -0.3 is 19.7 Å². The summed E-state index contributed by atoms with van der Waals surface area (Å²) in [5, 5.41) is 2.61. The van der Waals surface area contributed by atoms with Gasteiger partial charge in [0.1, 0.15) is 23.8 Å². The third-order valence-electron chi connectivity index (χ3n) is 4.58. The molecule has 0 unspecified atom stereocenters. The van der Waals surface area contributed by atoms with Crippen LogP contribution in [-0.2, 0) is 16.0 Å². The Hall–Kier alpha value is -3.16. The van der Waals surface area contributed by atoms with Crippen molar-refractivity contribution in [1.82, 2.24) is 10.3 Å². The van der Waals surface area contributed by atoms with Crippen molar-refractivity contribution in [1.29, 1.82) is 0 Å². The van der Waals surface area contributed by atoms with Gasteiger partial charge in [-0.1, -0.05) is 0 Å². The summed E-state index contributed by atoms with van der Waals surface area (Å²) in [4.78, 5) is 29.1. The number of aryl methyl sites for hydroxylation is 1. The molecule has 0 spiro atoms. The lowest BCUT2D eigenvalue weighted by Gasteiger charge is -2.26. The number of nitrogens with one attached hydrogen (secondary N) is 1. The zero-order valence-electron chi connectivity index (χ0n) is 17.6. The molecule has 0 aliphatic carbocycles. The smallest absolute Gasteiger partial charge is 0.407 e. The number of alkyl carbamates (subject to hydrolysis) is 1. The van der Waals surface area contributed by atoms with E-state index in [9.17, 15) is 14.0 Å². The molecule has 0 atom stereocenters. The van der Waals surface area contributed by atoms with Gasteiger partial charge in [0, 0.05) is 36.5 Å². The summed E-state index contributed by atoms with van der Waals surface area (Å²) in [6, 6.07) is 4.85. The highest BCUT2D eigenvalue weighted by atomic mass is 19.1. The molecule has 1 aromatic carbocycles. The molecule has 8 heteroatoms. The van der Waals surface area contributed by atoms with Crippen molar-refractivity contribution in [2.75, 3.05) is 25.1 Å². The van der Waals surface area contributed by atoms with Crippen molar-refractivity contribution < 1.29 is 23.5 Å². The molecule has 2 amide bonds. The molecular weight excluding hydrogens is 389 g/mol. The van der Waals surface area contributed by atoms with E-state index in [1.54, 1.807) is 46.1 Å². The number of anilines is 1. The number of halogens is 1. The van der Waals surface area contributed by atoms with E-state index in [-0.39, 0.29) is 19.1 Å². The van der Waals surface area contributed by atoms with Gasteiger partial charge in [0.25, 0.3) is 0 Å². The van der Waals surface area contributed by atoms with Crippen molar-refractivity contribution >= 4 is 17.7 Å². The number of fused-ring (bicyclic) bond motifs is 1. The second-order valence-corrected chi connectivity index (χ2v) is 8.10. The molecule has 30 heavy (non-hydrogen) atoms. The van der Waals surface area contributed by atoms with Gasteiger partial charge in [-0.15, -0.1) is 0 Å². The van der Waals surface area contributed by atoms with E-state index < -0.39 is 17.5 Å². The van der Waals surface area contributed by atoms with Crippen LogP contribution in [0.2, 0.25) is 0 Å². The van der Waals surface area contributed by atoms with E-state index in [4.69, 9.17) is 9.47 Å². The summed E-state index contributed by atoms with van der Waals surface area (Å²) in [5.74, 6) is 0.00968. The second-order valence-electron chi connectivity index (χ2n) is 8.10. The molecule has 1 aromatic heterocycles. The average Bonchev–Trinajstić information content (AvgIpc) is 2.67. The summed E-state index contributed by atoms with van der Waals surface area (Å²) in [6.07, 6.45) is 3.55. The van der Waals surface area contributed by atoms with Crippen LogP contribution < -0.4 is 15.0 Å². The molecule has 0 fully saturated rings. The van der Waals surface area contributed by atoms with Crippen LogP contribution in [0, 0.1) is 5.82 Å². The number of ether oxygens (including phenoxy) is 2. The molecule has 0 saturated carbocycles. The number of aromatic nitrogens is 1. The Bertz CT molecular complexity index is 956. The fourth-order valence-electron chi connectivity index (χ4n) is 3.17. The lowest BCUT2D eigenvalue weighted by molar-refractivity contribution is -0.118. The second kappa shape index (κ2) is 8.69. The summed E-state index contributed by atoms with van der Waals surface area (Å²) in [7, 11) is 1.65. The number of carbonyl (C=O) groups is 2. The summed E-state index contributed by atoms with van der Waals surface area (Å²) in [5.41, 5.74) is 1.93. The van der Waals surface area contributed by atoms with Crippen LogP contribution in [0.25, 0.3) is 11.1 Å². The van der Waals surface area contributed by atoms with E-state index >= 15 is 0 Å². The first-order valence-corrected chi connectivity index (χ1v) is 9.78. The fourth-order valence-corrected chi connectivity index (χ4v) is 3.17. The van der Waals surface area contributed by atoms with E-state index in [1.807, 2.05) is 0 Å². The number of amides is 2. The van der Waals surface area contributed by atoms with Crippen LogP contribution in [0.5, 0.6) is 5.75 Å². The Morgan fingerprint density at radius 2 is 2.00 bits per heavy atom. The quantitative estimate of drug-likeness (QED) is 0.753. The topological polar surface area (TPSA) is 80.8 Å². The molecule has 0 bridgehead atoms. The molecule has 160 valence electrons. The number of carbonyl (C=O) groups excluding carboxylic acids is 2. The monoisotopic (exact) mass is 415 g/mol. The van der Waals surface area contributed by atoms with Crippen molar-refractivity contribution in [2.24, 2.45) is 0 Å². The molecule has 2 heterocycles. The molecule has 1 N–H and O–H groups in total. The molecule has 1 aliphatic heterocycles. The molecule has 7 nitrogen and oxygen atoms in total. The van der Waals surface area contributed by atoms with Gasteiger partial charge in [-0.05, 0) is 51.0 Å². The van der Waals surface area contributed by atoms with Crippen molar-refractivity contribution in [3.05, 3.63) is 42.0 Å². The van der Waals surface area contributed by atoms with E-state index in [0.717, 1.165) is 5.56 Å². The third-order valence-corrected chi connectivity index (χ3v) is 4.58. The molecule has 1 aliphatic rings. The Labute approximate surface area is 175 Å². The zero-order valence-corrected chi connectivity index (χ0v) is 17.6. The van der Waals surface area contributed by atoms with Crippen LogP contribution in [-0.4, -0.2) is 42.8 Å². The summed E-state index contributed by atoms with van der Waals surface area (Å²) in [6.45, 7) is 5.83. The van der Waals surface area contributed by atoms with Gasteiger partial charge in [0.2, 0.25) is 5.91 Å². The van der Waals surface area contributed by atoms with Crippen LogP contribution >= 0.6 is 0 Å². The van der Waals surface area contributed by atoms with Crippen LogP contribution in [0.3, 0.4) is 0 Å². The number of hydrogen-bond donors (Lipinski definition) is 1. The van der Waals surface area contributed by atoms with Gasteiger partial charge in [0.15, 0.2) is 0 Å². The highest BCUT2D eigenvalue weighted by Gasteiger charge is 2.23. The van der Waals surface area contributed by atoms with Gasteiger partial charge in [0.05, 0.1) is 12.7 Å². The predicted octanol–water partition coefficient (Wildman–Crippen LogP) is 3.70. The summed E-state index contributed by atoms with van der Waals surface area (Å²) >= 11 is 0. The normalized spacial score (nSPS) is 13.6. The van der Waals surface area contributed by atoms with Crippen molar-refractivity contribution in [3.63, 3.8) is 0 Å². The summed E-state index contributed by atoms with van der Waals surface area (Å²) < 4.78 is 25.5. The number of nitrogens with zero attached hydrogens (tertiary/aromatic N) is 2. The first kappa shape index (κ1) is 21.5. The predicted molar refractivity (Wildman–Crippen MR) is 111 cm³/mol. The minimum Gasteiger partial charge on any atom is -0.490 e. The standard InChI is InChI=1S/C22H26FN3O4/c1-22(2,3)30-21(28)25-7-8-29-16-9-15(12-24-13-16)17-10-14-5-6-20(27)26(4)19(14)11-18(17)23/h9-13H,5-8H2,1-4H3,(H,25,28). The Morgan fingerprint density at radius 3 is 2.73 bits per heavy atom. The highest BCUT2D eigenvalue weighted by Crippen LogP contribution is 2.34. The molecule has 2 aromatic rings. The van der Waals surface area contributed by atoms with Gasteiger partial charge >= 0.3 is 6.09 Å². The number of hydrogen-bond acceptors (Lipinski definition) is 5. The van der Waals surface area contributed by atoms with Crippen LogP contribution in [0.4, 0.5) is 14.9 Å². The first-order valence-electron chi connectivity index (χ1n) is 9.78. The molecule has 0 radical (unpaired) electrons. The lowest BCUT2D eigenvalue weighted by Crippen LogP contribution is -2.34. The minimum absolute atomic E-state index is 0.0216. The first-order chi connectivity index (χ1) is 14.1. The maximum absolute atomic E-state index is 14.8. The molecule has 0 saturated heterocycles. The number of rotatable bonds is 5. The van der Waals surface area contributed by atoms with E-state index in [1.165, 1.54) is 17.2 Å². The van der Waals surface area contributed by atoms with E-state index in [2.05, 4.69) is 10.3 Å². The SMILES string of the molecule is CN1C(=O)CCc2cc(-c3cncc(OCCNC(=O)OC(C)(C)C)c3)c(F)cc21. The van der Waals surface area contributed by atoms with Gasteiger partial charge in [-0.25, -0.2) is 9.18 Å². The molecule has 3 rings (SSSR count). The van der Waals surface area contributed by atoms with Gasteiger partial charge in [-0.2, -0.15) is 0 Å².